The van der Waals surface area contributed by atoms with E-state index in [1.54, 1.807) is 11.3 Å². The molecule has 1 N–H and O–H groups in total. The minimum atomic E-state index is -0.600. The van der Waals surface area contributed by atoms with Gasteiger partial charge >= 0.3 is 0 Å². The first-order valence-electron chi connectivity index (χ1n) is 5.07. The largest absolute Gasteiger partial charge is 0.384 e. The maximum atomic E-state index is 10.5. The number of hydrogen-bond acceptors (Lipinski definition) is 3. The Labute approximate surface area is 89.2 Å². The van der Waals surface area contributed by atoms with Crippen LogP contribution in [0.4, 0.5) is 0 Å². The van der Waals surface area contributed by atoms with Crippen LogP contribution in [0, 0.1) is 6.92 Å². The molecule has 14 heavy (non-hydrogen) atoms. The van der Waals surface area contributed by atoms with E-state index in [0.717, 1.165) is 31.5 Å². The number of β-amino-alcohol motifs (C(OH)–C–C–N with tert-alkyl or cyclic N) is 1. The molecule has 1 saturated heterocycles. The minimum Gasteiger partial charge on any atom is -0.384 e. The van der Waals surface area contributed by atoms with Crippen LogP contribution in [-0.2, 0) is 5.60 Å². The van der Waals surface area contributed by atoms with Gasteiger partial charge in [0.1, 0.15) is 5.60 Å². The van der Waals surface area contributed by atoms with Crippen molar-refractivity contribution in [3.8, 4) is 0 Å². The molecule has 0 bridgehead atoms. The molecule has 1 aromatic heterocycles. The van der Waals surface area contributed by atoms with Gasteiger partial charge in [-0.2, -0.15) is 0 Å². The Morgan fingerprint density at radius 3 is 2.93 bits per heavy atom. The van der Waals surface area contributed by atoms with Crippen LogP contribution >= 0.6 is 11.3 Å². The van der Waals surface area contributed by atoms with Crippen molar-refractivity contribution in [1.29, 1.82) is 0 Å². The van der Waals surface area contributed by atoms with Gasteiger partial charge in [-0.3, -0.25) is 0 Å². The summed E-state index contributed by atoms with van der Waals surface area (Å²) in [6.07, 6.45) is 1.98. The fourth-order valence-corrected chi connectivity index (χ4v) is 3.13. The second kappa shape index (κ2) is 3.65. The van der Waals surface area contributed by atoms with Crippen LogP contribution in [-0.4, -0.2) is 30.1 Å². The van der Waals surface area contributed by atoms with Crippen LogP contribution in [0.5, 0.6) is 0 Å². The van der Waals surface area contributed by atoms with E-state index in [-0.39, 0.29) is 0 Å². The molecule has 1 aliphatic rings. The average Bonchev–Trinajstić information content (AvgIpc) is 2.51. The molecule has 1 fully saturated rings. The molecule has 0 aromatic carbocycles. The molecule has 0 radical (unpaired) electrons. The van der Waals surface area contributed by atoms with Crippen molar-refractivity contribution in [3.63, 3.8) is 0 Å². The first-order valence-corrected chi connectivity index (χ1v) is 5.95. The summed E-state index contributed by atoms with van der Waals surface area (Å²) >= 11 is 1.72. The van der Waals surface area contributed by atoms with Gasteiger partial charge in [0.05, 0.1) is 0 Å². The second-order valence-corrected chi connectivity index (χ2v) is 5.38. The van der Waals surface area contributed by atoms with Gasteiger partial charge in [-0.15, -0.1) is 11.3 Å². The predicted octanol–water partition coefficient (Wildman–Crippen LogP) is 1.97. The zero-order valence-electron chi connectivity index (χ0n) is 8.79. The first-order chi connectivity index (χ1) is 6.62. The van der Waals surface area contributed by atoms with Gasteiger partial charge in [0.2, 0.25) is 0 Å². The number of aryl methyl sites for hydroxylation is 1. The SMILES string of the molecule is Cc1sccc1C1(O)CCCN(C)C1. The molecule has 0 spiro atoms. The highest BCUT2D eigenvalue weighted by molar-refractivity contribution is 7.10. The maximum Gasteiger partial charge on any atom is 0.103 e. The molecule has 0 saturated carbocycles. The highest BCUT2D eigenvalue weighted by Gasteiger charge is 2.34. The van der Waals surface area contributed by atoms with Crippen molar-refractivity contribution in [3.05, 3.63) is 21.9 Å². The Balaban J connectivity index is 2.27. The van der Waals surface area contributed by atoms with E-state index in [9.17, 15) is 5.11 Å². The molecular weight excluding hydrogens is 194 g/mol. The van der Waals surface area contributed by atoms with Crippen LogP contribution in [0.3, 0.4) is 0 Å². The van der Waals surface area contributed by atoms with Gasteiger partial charge in [0.25, 0.3) is 0 Å². The molecule has 3 heteroatoms. The van der Waals surface area contributed by atoms with Crippen molar-refractivity contribution < 1.29 is 5.11 Å². The topological polar surface area (TPSA) is 23.5 Å². The molecule has 1 unspecified atom stereocenters. The number of nitrogens with zero attached hydrogens (tertiary/aromatic N) is 1. The zero-order chi connectivity index (χ0) is 10.2. The van der Waals surface area contributed by atoms with E-state index in [0.29, 0.717) is 0 Å². The summed E-state index contributed by atoms with van der Waals surface area (Å²) in [4.78, 5) is 3.46. The van der Waals surface area contributed by atoms with Crippen molar-refractivity contribution in [2.24, 2.45) is 0 Å². The summed E-state index contributed by atoms with van der Waals surface area (Å²) < 4.78 is 0. The third-order valence-electron chi connectivity index (χ3n) is 3.02. The Morgan fingerprint density at radius 2 is 2.36 bits per heavy atom. The summed E-state index contributed by atoms with van der Waals surface area (Å²) in [5.74, 6) is 0. The molecule has 1 aromatic rings. The van der Waals surface area contributed by atoms with Gasteiger partial charge < -0.3 is 10.0 Å². The molecule has 0 amide bonds. The Bertz CT molecular complexity index is 323. The van der Waals surface area contributed by atoms with Crippen LogP contribution in [0.1, 0.15) is 23.3 Å². The third kappa shape index (κ3) is 1.72. The number of rotatable bonds is 1. The summed E-state index contributed by atoms with van der Waals surface area (Å²) in [5.41, 5.74) is 0.533. The number of aliphatic hydroxyl groups is 1. The quantitative estimate of drug-likeness (QED) is 0.767. The summed E-state index contributed by atoms with van der Waals surface area (Å²) in [6, 6.07) is 2.07. The summed E-state index contributed by atoms with van der Waals surface area (Å²) in [6.45, 7) is 3.96. The van der Waals surface area contributed by atoms with E-state index in [2.05, 4.69) is 30.3 Å². The fourth-order valence-electron chi connectivity index (χ4n) is 2.33. The summed E-state index contributed by atoms with van der Waals surface area (Å²) in [7, 11) is 2.08. The third-order valence-corrected chi connectivity index (χ3v) is 3.87. The molecule has 1 aliphatic heterocycles. The molecular formula is C11H17NOS. The van der Waals surface area contributed by atoms with E-state index >= 15 is 0 Å². The number of likely N-dealkylation sites (N-methyl/N-ethyl adjacent to an activating group) is 1. The normalized spacial score (nSPS) is 29.4. The van der Waals surface area contributed by atoms with Crippen molar-refractivity contribution in [2.45, 2.75) is 25.4 Å². The fraction of sp³-hybridized carbons (Fsp3) is 0.636. The molecule has 2 rings (SSSR count). The van der Waals surface area contributed by atoms with Gasteiger partial charge in [0.15, 0.2) is 0 Å². The minimum absolute atomic E-state index is 0.600. The van der Waals surface area contributed by atoms with Gasteiger partial charge in [-0.05, 0) is 50.4 Å². The van der Waals surface area contributed by atoms with E-state index in [4.69, 9.17) is 0 Å². The maximum absolute atomic E-state index is 10.5. The van der Waals surface area contributed by atoms with E-state index in [1.807, 2.05) is 0 Å². The average molecular weight is 211 g/mol. The highest BCUT2D eigenvalue weighted by Crippen LogP contribution is 2.34. The van der Waals surface area contributed by atoms with E-state index in [1.165, 1.54) is 4.88 Å². The van der Waals surface area contributed by atoms with Gasteiger partial charge in [-0.25, -0.2) is 0 Å². The Hall–Kier alpha value is -0.380. The van der Waals surface area contributed by atoms with Crippen molar-refractivity contribution >= 4 is 11.3 Å². The van der Waals surface area contributed by atoms with Crippen molar-refractivity contribution in [1.82, 2.24) is 4.90 Å². The molecule has 2 heterocycles. The molecule has 1 atom stereocenters. The standard InChI is InChI=1S/C11H17NOS/c1-9-10(4-7-14-9)11(13)5-3-6-12(2)8-11/h4,7,13H,3,5-6,8H2,1-2H3. The number of hydrogen-bond donors (Lipinski definition) is 1. The first kappa shape index (κ1) is 10.1. The second-order valence-electron chi connectivity index (χ2n) is 4.26. The van der Waals surface area contributed by atoms with Crippen LogP contribution in [0.25, 0.3) is 0 Å². The smallest absolute Gasteiger partial charge is 0.103 e. The predicted molar refractivity (Wildman–Crippen MR) is 59.7 cm³/mol. The lowest BCUT2D eigenvalue weighted by atomic mass is 9.86. The van der Waals surface area contributed by atoms with Crippen LogP contribution < -0.4 is 0 Å². The van der Waals surface area contributed by atoms with Crippen molar-refractivity contribution in [2.75, 3.05) is 20.1 Å². The molecule has 2 nitrogen and oxygen atoms in total. The summed E-state index contributed by atoms with van der Waals surface area (Å²) in [5, 5.41) is 12.6. The van der Waals surface area contributed by atoms with Gasteiger partial charge in [0, 0.05) is 11.4 Å². The molecule has 0 aliphatic carbocycles. The molecule has 78 valence electrons. The number of thiophene rings is 1. The number of piperidine rings is 1. The zero-order valence-corrected chi connectivity index (χ0v) is 9.60. The highest BCUT2D eigenvalue weighted by atomic mass is 32.1. The lowest BCUT2D eigenvalue weighted by Crippen LogP contribution is -2.44. The van der Waals surface area contributed by atoms with Gasteiger partial charge in [-0.1, -0.05) is 0 Å². The lowest BCUT2D eigenvalue weighted by molar-refractivity contribution is -0.0278. The Kier molecular flexibility index (Phi) is 2.64. The lowest BCUT2D eigenvalue weighted by Gasteiger charge is -2.37. The van der Waals surface area contributed by atoms with E-state index < -0.39 is 5.60 Å². The van der Waals surface area contributed by atoms with Crippen LogP contribution in [0.15, 0.2) is 11.4 Å². The monoisotopic (exact) mass is 211 g/mol. The van der Waals surface area contributed by atoms with Crippen LogP contribution in [0.2, 0.25) is 0 Å². The Morgan fingerprint density at radius 1 is 1.57 bits per heavy atom. The number of likely N-dealkylation sites (tertiary alicyclic amines) is 1.